The Balaban J connectivity index is 0.838. The summed E-state index contributed by atoms with van der Waals surface area (Å²) in [4.78, 5) is 16.1. The van der Waals surface area contributed by atoms with Gasteiger partial charge >= 0.3 is 5.97 Å². The molecule has 3 heteroatoms. The SMILES string of the molecule is CN1C[C@@]23C4C5C6C7C8C9C%10C%11C%12C%13C%10C%10C8C8C%14C%10C%10C%13C%13C%15C%12C%12C%16C%11C%11C9C7C7C9C%11C%16C%11C%16C%12C%15C%12C%15C%13C%10C%10C%14C(C4C86)C4C%10C%15C6C%12C%16C8C%11C9C(C75)C2C8C6[C@@]43[C@@H]1c1ccc(C(=O)O)cc1. The largest absolute Gasteiger partial charge is 0.478 e. The molecule has 1 aromatic carbocycles. The van der Waals surface area contributed by atoms with E-state index >= 15 is 0 Å². The van der Waals surface area contributed by atoms with Crippen molar-refractivity contribution >= 4 is 5.97 Å². The first-order valence-electron chi connectivity index (χ1n) is 34.2. The van der Waals surface area contributed by atoms with Crippen LogP contribution in [-0.4, -0.2) is 29.6 Å². The van der Waals surface area contributed by atoms with Crippen LogP contribution in [0.2, 0.25) is 0 Å². The number of rotatable bonds is 2. The molecule has 61 atom stereocenters. The number of carbonyl (C=O) groups is 1. The molecule has 1 saturated heterocycles. The average Bonchev–Trinajstić information content (AvgIpc) is 4.41. The van der Waals surface area contributed by atoms with Crippen LogP contribution in [0.4, 0.5) is 0 Å². The van der Waals surface area contributed by atoms with E-state index in [1.165, 1.54) is 255 Å². The highest BCUT2D eigenvalue weighted by Crippen LogP contribution is 3.09. The van der Waals surface area contributed by atoms with E-state index in [9.17, 15) is 9.90 Å². The lowest BCUT2D eigenvalue weighted by atomic mass is 9.31. The van der Waals surface area contributed by atoms with Crippen molar-refractivity contribution in [3.63, 3.8) is 0 Å². The molecule has 34 rings (SSSR count). The summed E-state index contributed by atoms with van der Waals surface area (Å²) in [5.41, 5.74) is 3.23. The highest BCUT2D eigenvalue weighted by atomic mass is 16.4. The van der Waals surface area contributed by atoms with Crippen LogP contribution in [0, 0.1) is 354 Å². The minimum absolute atomic E-state index is 0.460. The molecule has 0 amide bonds. The van der Waals surface area contributed by atoms with Gasteiger partial charge in [-0.25, -0.2) is 4.79 Å². The van der Waals surface area contributed by atoms with Crippen molar-refractivity contribution in [2.24, 2.45) is 354 Å². The van der Waals surface area contributed by atoms with Crippen molar-refractivity contribution in [1.29, 1.82) is 0 Å². The van der Waals surface area contributed by atoms with Gasteiger partial charge in [0.25, 0.3) is 0 Å². The number of hydrogen-bond donors (Lipinski definition) is 1. The Morgan fingerprint density at radius 1 is 0.329 bits per heavy atom. The smallest absolute Gasteiger partial charge is 0.335 e. The molecule has 0 bridgehead atoms. The van der Waals surface area contributed by atoms with Gasteiger partial charge in [-0.1, -0.05) is 12.1 Å². The lowest BCUT2D eigenvalue weighted by Crippen LogP contribution is -2.70. The number of carboxylic acids is 1. The standard InChI is InChI=1S/C70H69NO2/c1-71-6-69-63-56-49-37-29-20-11-9-10-12-15(11)24-31(29)39-40-32(24)30-21(12)23-19-14(10)17-16-13(9)18-22(20)35(37)43-41-27(18)25(16)33-34-26(17)28(19)42-44-36(23)38(30)50-52(40)61(60(63)51(39)49)65-58(50)55(44)59-48(42)46(34)53-45(33)47(41)57(54(43)56)64(69)62(53)66(59)70(65,69)67(71)7-2-4-8(5-3-7)68(72)73/h2-5,9-67H,6H2,1H3,(H,72,73)/t9?,10?,11?,12?,13?,14?,15?,16?,17?,18?,19?,20?,21?,22?,23?,24?,25?,26?,27?,28?,29?,30?,31?,32?,33?,34?,35?,36?,37?,38?,39?,40?,41?,42?,43?,44?,45?,46?,47?,48?,49?,50?,51?,52?,53?,54?,55?,56?,57?,58?,59?,60?,61?,62?,63?,64?,65?,66?,67-,69+,70+/m0/s1. The van der Waals surface area contributed by atoms with Gasteiger partial charge in [0.1, 0.15) is 0 Å². The minimum atomic E-state index is -0.699. The maximum absolute atomic E-state index is 12.9. The molecule has 0 aromatic heterocycles. The first-order chi connectivity index (χ1) is 36.2. The van der Waals surface area contributed by atoms with Crippen LogP contribution < -0.4 is 0 Å². The number of likely N-dealkylation sites (tertiary alicyclic amines) is 1. The maximum atomic E-state index is 12.9. The van der Waals surface area contributed by atoms with E-state index in [2.05, 4.69) is 36.2 Å². The van der Waals surface area contributed by atoms with E-state index in [4.69, 9.17) is 0 Å². The van der Waals surface area contributed by atoms with E-state index < -0.39 is 5.97 Å². The van der Waals surface area contributed by atoms with Gasteiger partial charge in [0.05, 0.1) is 5.56 Å². The molecule has 1 heterocycles. The quantitative estimate of drug-likeness (QED) is 0.324. The van der Waals surface area contributed by atoms with Crippen LogP contribution in [-0.2, 0) is 0 Å². The van der Waals surface area contributed by atoms with E-state index in [1.54, 1.807) is 5.56 Å². The van der Waals surface area contributed by atoms with Crippen LogP contribution in [0.5, 0.6) is 0 Å². The summed E-state index contributed by atoms with van der Waals surface area (Å²) < 4.78 is 0. The van der Waals surface area contributed by atoms with Gasteiger partial charge in [-0.05, 0) is 373 Å². The van der Waals surface area contributed by atoms with Gasteiger partial charge in [0.2, 0.25) is 0 Å². The molecule has 33 aliphatic rings. The molecule has 33 fully saturated rings. The fourth-order valence-corrected chi connectivity index (χ4v) is 49.8. The number of aromatic carboxylic acids is 1. The second-order valence-electron chi connectivity index (χ2n) is 38.5. The molecule has 1 N–H and O–H groups in total. The molecule has 1 aliphatic heterocycles. The van der Waals surface area contributed by atoms with Crippen LogP contribution in [0.3, 0.4) is 0 Å². The molecule has 73 heavy (non-hydrogen) atoms. The summed E-state index contributed by atoms with van der Waals surface area (Å²) in [6.07, 6.45) is 0. The maximum Gasteiger partial charge on any atom is 0.335 e. The molecule has 0 radical (unpaired) electrons. The molecule has 2 spiro atoms. The molecular weight excluding hydrogens is 887 g/mol. The Bertz CT molecular complexity index is 3230. The predicted molar refractivity (Wildman–Crippen MR) is 256 cm³/mol. The zero-order valence-electron chi connectivity index (χ0n) is 41.9. The van der Waals surface area contributed by atoms with Crippen molar-refractivity contribution in [3.8, 4) is 0 Å². The van der Waals surface area contributed by atoms with Crippen molar-refractivity contribution in [2.75, 3.05) is 13.6 Å². The lowest BCUT2D eigenvalue weighted by molar-refractivity contribution is -0.256. The third kappa shape index (κ3) is 2.03. The Labute approximate surface area is 427 Å². The molecule has 1 aromatic rings. The van der Waals surface area contributed by atoms with Gasteiger partial charge in [0, 0.05) is 18.0 Å². The average molecular weight is 956 g/mol. The summed E-state index contributed by atoms with van der Waals surface area (Å²) in [6.45, 7) is 1.50. The van der Waals surface area contributed by atoms with Crippen molar-refractivity contribution in [2.45, 2.75) is 6.04 Å². The summed E-state index contributed by atoms with van der Waals surface area (Å²) in [6, 6.07) is 9.96. The Hall–Kier alpha value is -1.35. The number of hydrogen-bond acceptors (Lipinski definition) is 2. The molecular formula is C70H69NO2. The van der Waals surface area contributed by atoms with Crippen LogP contribution >= 0.6 is 0 Å². The van der Waals surface area contributed by atoms with Crippen molar-refractivity contribution in [1.82, 2.24) is 4.90 Å². The van der Waals surface area contributed by atoms with Gasteiger partial charge < -0.3 is 5.11 Å². The number of carboxylic acid groups (broad SMARTS) is 1. The van der Waals surface area contributed by atoms with E-state index in [0.717, 1.165) is 94.7 Å². The third-order valence-corrected chi connectivity index (χ3v) is 43.5. The molecule has 366 valence electrons. The van der Waals surface area contributed by atoms with E-state index in [0.29, 0.717) is 22.4 Å². The summed E-state index contributed by atoms with van der Waals surface area (Å²) in [7, 11) is 2.80. The highest BCUT2D eigenvalue weighted by Gasteiger charge is 3.06. The molecule has 58 unspecified atom stereocenters. The monoisotopic (exact) mass is 956 g/mol. The fraction of sp³-hybridized carbons (Fsp3) is 0.900. The third-order valence-electron chi connectivity index (χ3n) is 43.5. The second-order valence-corrected chi connectivity index (χ2v) is 38.5. The Morgan fingerprint density at radius 3 is 0.836 bits per heavy atom. The highest BCUT2D eigenvalue weighted by molar-refractivity contribution is 5.87. The summed E-state index contributed by atoms with van der Waals surface area (Å²) in [5.74, 6) is 68.5. The van der Waals surface area contributed by atoms with Crippen molar-refractivity contribution in [3.05, 3.63) is 35.4 Å². The van der Waals surface area contributed by atoms with Gasteiger partial charge in [0.15, 0.2) is 0 Å². The Morgan fingerprint density at radius 2 is 0.534 bits per heavy atom. The topological polar surface area (TPSA) is 40.5 Å². The number of nitrogens with zero attached hydrogens (tertiary/aromatic N) is 1. The normalized spacial score (nSPS) is 94.9. The van der Waals surface area contributed by atoms with Gasteiger partial charge in [-0.15, -0.1) is 0 Å². The van der Waals surface area contributed by atoms with Crippen LogP contribution in [0.15, 0.2) is 24.3 Å². The predicted octanol–water partition coefficient (Wildman–Crippen LogP) is 8.51. The zero-order valence-corrected chi connectivity index (χ0v) is 41.9. The zero-order chi connectivity index (χ0) is 43.9. The minimum Gasteiger partial charge on any atom is -0.478 e. The van der Waals surface area contributed by atoms with Gasteiger partial charge in [-0.2, -0.15) is 0 Å². The first-order valence-corrected chi connectivity index (χ1v) is 34.2. The van der Waals surface area contributed by atoms with Crippen LogP contribution in [0.1, 0.15) is 22.0 Å². The van der Waals surface area contributed by atoms with E-state index in [-0.39, 0.29) is 0 Å². The molecule has 32 saturated carbocycles. The van der Waals surface area contributed by atoms with Crippen LogP contribution in [0.25, 0.3) is 0 Å². The molecule has 3 nitrogen and oxygen atoms in total. The summed E-state index contributed by atoms with van der Waals surface area (Å²) in [5, 5.41) is 10.6. The Kier molecular flexibility index (Phi) is 3.73. The summed E-state index contributed by atoms with van der Waals surface area (Å²) >= 11 is 0. The first kappa shape index (κ1) is 33.3. The molecule has 32 aliphatic carbocycles. The lowest BCUT2D eigenvalue weighted by Gasteiger charge is -2.72. The fourth-order valence-electron chi connectivity index (χ4n) is 49.8. The van der Waals surface area contributed by atoms with E-state index in [1.807, 2.05) is 0 Å². The second kappa shape index (κ2) is 8.18. The van der Waals surface area contributed by atoms with Gasteiger partial charge in [-0.3, -0.25) is 4.90 Å². The van der Waals surface area contributed by atoms with Crippen molar-refractivity contribution < 1.29 is 9.90 Å². The number of benzene rings is 1.